The summed E-state index contributed by atoms with van der Waals surface area (Å²) < 4.78 is 11.3. The van der Waals surface area contributed by atoms with E-state index in [0.29, 0.717) is 47.5 Å². The second kappa shape index (κ2) is 7.33. The number of nitrogens with zero attached hydrogens (tertiary/aromatic N) is 1. The van der Waals surface area contributed by atoms with E-state index >= 15 is 0 Å². The molecule has 0 unspecified atom stereocenters. The summed E-state index contributed by atoms with van der Waals surface area (Å²) in [6, 6.07) is 3.27. The first kappa shape index (κ1) is 18.2. The van der Waals surface area contributed by atoms with Gasteiger partial charge in [-0.15, -0.1) is 11.3 Å². The molecule has 0 radical (unpaired) electrons. The van der Waals surface area contributed by atoms with Crippen LogP contribution in [0.4, 0.5) is 10.8 Å². The molecule has 8 heteroatoms. The van der Waals surface area contributed by atoms with E-state index in [4.69, 9.17) is 9.47 Å². The van der Waals surface area contributed by atoms with Gasteiger partial charge in [0.05, 0.1) is 11.3 Å². The Kier molecular flexibility index (Phi) is 5.13. The van der Waals surface area contributed by atoms with Gasteiger partial charge >= 0.3 is 0 Å². The van der Waals surface area contributed by atoms with Crippen LogP contribution in [-0.4, -0.2) is 30.0 Å². The van der Waals surface area contributed by atoms with Crippen LogP contribution in [0.25, 0.3) is 0 Å². The predicted molar refractivity (Wildman–Crippen MR) is 100 cm³/mol. The summed E-state index contributed by atoms with van der Waals surface area (Å²) in [5.74, 6) is 0.257. The van der Waals surface area contributed by atoms with Crippen molar-refractivity contribution in [1.29, 1.82) is 0 Å². The fourth-order valence-corrected chi connectivity index (χ4v) is 3.06. The highest BCUT2D eigenvalue weighted by Gasteiger charge is 2.26. The van der Waals surface area contributed by atoms with Crippen LogP contribution in [0.3, 0.4) is 0 Å². The molecule has 3 rings (SSSR count). The lowest BCUT2D eigenvalue weighted by atomic mass is 9.92. The van der Waals surface area contributed by atoms with Gasteiger partial charge in [0, 0.05) is 18.0 Å². The van der Waals surface area contributed by atoms with Crippen molar-refractivity contribution in [1.82, 2.24) is 4.98 Å². The van der Waals surface area contributed by atoms with Crippen molar-refractivity contribution in [3.8, 4) is 11.5 Å². The number of anilines is 2. The fraction of sp³-hybridized carbons (Fsp3) is 0.389. The number of benzene rings is 1. The molecule has 0 atom stereocenters. The van der Waals surface area contributed by atoms with Crippen LogP contribution in [0.2, 0.25) is 0 Å². The Hall–Kier alpha value is -2.61. The number of carbonyl (C=O) groups excluding carboxylic acids is 2. The van der Waals surface area contributed by atoms with Crippen molar-refractivity contribution >= 4 is 34.0 Å². The molecular formula is C18H21N3O4S. The largest absolute Gasteiger partial charge is 0.485 e. The van der Waals surface area contributed by atoms with Gasteiger partial charge in [0.2, 0.25) is 5.91 Å². The van der Waals surface area contributed by atoms with Crippen LogP contribution in [0.5, 0.6) is 11.5 Å². The Balaban J connectivity index is 1.85. The quantitative estimate of drug-likeness (QED) is 0.853. The summed E-state index contributed by atoms with van der Waals surface area (Å²) in [6.45, 7) is 6.67. The second-order valence-electron chi connectivity index (χ2n) is 7.09. The summed E-state index contributed by atoms with van der Waals surface area (Å²) in [5, 5.41) is 7.86. The molecule has 2 N–H and O–H groups in total. The number of fused-ring (bicyclic) bond motifs is 1. The van der Waals surface area contributed by atoms with Crippen LogP contribution in [0, 0.1) is 5.41 Å². The average molecular weight is 375 g/mol. The highest BCUT2D eigenvalue weighted by Crippen LogP contribution is 2.41. The van der Waals surface area contributed by atoms with Gasteiger partial charge in [-0.3, -0.25) is 14.9 Å². The molecule has 0 saturated heterocycles. The normalized spacial score (nSPS) is 13.2. The summed E-state index contributed by atoms with van der Waals surface area (Å²) in [5.41, 5.74) is 0.707. The molecular weight excluding hydrogens is 354 g/mol. The third-order valence-corrected chi connectivity index (χ3v) is 4.24. The highest BCUT2D eigenvalue weighted by molar-refractivity contribution is 7.13. The number of ether oxygens (including phenoxy) is 2. The molecule has 0 aliphatic carbocycles. The standard InChI is InChI=1S/C18H21N3O4S/c1-18(2,3)10-13(22)20-12-5-4-11(14-15(12)25-8-7-24-14)16(23)21-17-19-6-9-26-17/h4-6,9H,7-8,10H2,1-3H3,(H,20,22)(H,19,21,23). The van der Waals surface area contributed by atoms with Gasteiger partial charge in [0.1, 0.15) is 13.2 Å². The first-order valence-electron chi connectivity index (χ1n) is 8.27. The van der Waals surface area contributed by atoms with E-state index in [9.17, 15) is 9.59 Å². The van der Waals surface area contributed by atoms with E-state index in [1.165, 1.54) is 11.3 Å². The molecule has 0 spiro atoms. The van der Waals surface area contributed by atoms with Crippen molar-refractivity contribution in [3.63, 3.8) is 0 Å². The number of amides is 2. The Labute approximate surface area is 155 Å². The number of thiazole rings is 1. The third-order valence-electron chi connectivity index (χ3n) is 3.55. The van der Waals surface area contributed by atoms with Gasteiger partial charge in [-0.2, -0.15) is 0 Å². The summed E-state index contributed by atoms with van der Waals surface area (Å²) in [6.07, 6.45) is 1.98. The average Bonchev–Trinajstić information content (AvgIpc) is 3.06. The molecule has 7 nitrogen and oxygen atoms in total. The van der Waals surface area contributed by atoms with Gasteiger partial charge < -0.3 is 14.8 Å². The van der Waals surface area contributed by atoms with E-state index in [2.05, 4.69) is 15.6 Å². The zero-order chi connectivity index (χ0) is 18.7. The van der Waals surface area contributed by atoms with Gasteiger partial charge in [-0.1, -0.05) is 20.8 Å². The van der Waals surface area contributed by atoms with E-state index in [1.807, 2.05) is 20.8 Å². The minimum Gasteiger partial charge on any atom is -0.485 e. The highest BCUT2D eigenvalue weighted by atomic mass is 32.1. The molecule has 138 valence electrons. The zero-order valence-corrected chi connectivity index (χ0v) is 15.7. The summed E-state index contributed by atoms with van der Waals surface area (Å²) in [4.78, 5) is 28.8. The SMILES string of the molecule is CC(C)(C)CC(=O)Nc1ccc(C(=O)Nc2nccs2)c2c1OCCO2. The number of nitrogens with one attached hydrogen (secondary N) is 2. The van der Waals surface area contributed by atoms with Crippen LogP contribution in [0.1, 0.15) is 37.6 Å². The molecule has 0 saturated carbocycles. The molecule has 2 heterocycles. The maximum absolute atomic E-state index is 12.5. The number of aromatic nitrogens is 1. The Bertz CT molecular complexity index is 813. The summed E-state index contributed by atoms with van der Waals surface area (Å²) >= 11 is 1.33. The van der Waals surface area contributed by atoms with E-state index in [1.54, 1.807) is 23.7 Å². The molecule has 0 fully saturated rings. The summed E-state index contributed by atoms with van der Waals surface area (Å²) in [7, 11) is 0. The first-order valence-corrected chi connectivity index (χ1v) is 9.15. The van der Waals surface area contributed by atoms with Gasteiger partial charge in [-0.25, -0.2) is 4.98 Å². The molecule has 2 amide bonds. The topological polar surface area (TPSA) is 89.6 Å². The Morgan fingerprint density at radius 2 is 1.88 bits per heavy atom. The number of hydrogen-bond donors (Lipinski definition) is 2. The molecule has 2 aromatic rings. The monoisotopic (exact) mass is 375 g/mol. The zero-order valence-electron chi connectivity index (χ0n) is 14.9. The van der Waals surface area contributed by atoms with Crippen molar-refractivity contribution in [2.75, 3.05) is 23.8 Å². The minimum atomic E-state index is -0.339. The molecule has 26 heavy (non-hydrogen) atoms. The van der Waals surface area contributed by atoms with Crippen LogP contribution in [-0.2, 0) is 4.79 Å². The van der Waals surface area contributed by atoms with E-state index < -0.39 is 0 Å². The maximum atomic E-state index is 12.5. The van der Waals surface area contributed by atoms with Crippen molar-refractivity contribution in [2.45, 2.75) is 27.2 Å². The van der Waals surface area contributed by atoms with Crippen molar-refractivity contribution < 1.29 is 19.1 Å². The number of carbonyl (C=O) groups is 2. The van der Waals surface area contributed by atoms with Gasteiger partial charge in [-0.05, 0) is 17.5 Å². The van der Waals surface area contributed by atoms with E-state index in [-0.39, 0.29) is 17.2 Å². The lowest BCUT2D eigenvalue weighted by Crippen LogP contribution is -2.23. The molecule has 1 aliphatic heterocycles. The second-order valence-corrected chi connectivity index (χ2v) is 7.99. The van der Waals surface area contributed by atoms with Crippen molar-refractivity contribution in [2.24, 2.45) is 5.41 Å². The molecule has 1 aromatic heterocycles. The smallest absolute Gasteiger partial charge is 0.261 e. The molecule has 0 bridgehead atoms. The lowest BCUT2D eigenvalue weighted by molar-refractivity contribution is -0.117. The molecule has 1 aliphatic rings. The maximum Gasteiger partial charge on any atom is 0.261 e. The van der Waals surface area contributed by atoms with Crippen LogP contribution in [0.15, 0.2) is 23.7 Å². The minimum absolute atomic E-state index is 0.117. The fourth-order valence-electron chi connectivity index (χ4n) is 2.54. The van der Waals surface area contributed by atoms with Gasteiger partial charge in [0.15, 0.2) is 16.6 Å². The number of rotatable bonds is 4. The Morgan fingerprint density at radius 1 is 1.15 bits per heavy atom. The van der Waals surface area contributed by atoms with E-state index in [0.717, 1.165) is 0 Å². The third kappa shape index (κ3) is 4.32. The molecule has 1 aromatic carbocycles. The first-order chi connectivity index (χ1) is 12.3. The lowest BCUT2D eigenvalue weighted by Gasteiger charge is -2.24. The van der Waals surface area contributed by atoms with Crippen molar-refractivity contribution in [3.05, 3.63) is 29.3 Å². The predicted octanol–water partition coefficient (Wildman–Crippen LogP) is 3.54. The number of hydrogen-bond acceptors (Lipinski definition) is 6. The van der Waals surface area contributed by atoms with Crippen LogP contribution >= 0.6 is 11.3 Å². The van der Waals surface area contributed by atoms with Gasteiger partial charge in [0.25, 0.3) is 5.91 Å². The van der Waals surface area contributed by atoms with Crippen LogP contribution < -0.4 is 20.1 Å². The Morgan fingerprint density at radius 3 is 2.54 bits per heavy atom.